The molecule has 6 nitrogen and oxygen atoms in total. The summed E-state index contributed by atoms with van der Waals surface area (Å²) >= 11 is 0. The van der Waals surface area contributed by atoms with Gasteiger partial charge >= 0.3 is 0 Å². The van der Waals surface area contributed by atoms with E-state index in [4.69, 9.17) is 10.2 Å². The molecule has 3 rings (SSSR count). The Bertz CT molecular complexity index is 612. The summed E-state index contributed by atoms with van der Waals surface area (Å²) < 4.78 is 7.13. The average molecular weight is 274 g/mol. The minimum atomic E-state index is 0.0460. The quantitative estimate of drug-likeness (QED) is 0.897. The van der Waals surface area contributed by atoms with Crippen LogP contribution in [0.25, 0.3) is 0 Å². The maximum absolute atomic E-state index is 12.4. The first-order valence-corrected chi connectivity index (χ1v) is 6.74. The van der Waals surface area contributed by atoms with Crippen molar-refractivity contribution in [3.05, 3.63) is 36.0 Å². The highest BCUT2D eigenvalue weighted by atomic mass is 16.3. The number of anilines is 1. The number of carbonyl (C=O) groups is 1. The van der Waals surface area contributed by atoms with Gasteiger partial charge in [0.2, 0.25) is 5.91 Å². The fourth-order valence-corrected chi connectivity index (χ4v) is 2.24. The number of nitrogens with two attached hydrogens (primary N) is 1. The summed E-state index contributed by atoms with van der Waals surface area (Å²) in [6.07, 6.45) is 5.34. The molecule has 0 aromatic carbocycles. The molecule has 2 aromatic heterocycles. The van der Waals surface area contributed by atoms with Crippen molar-refractivity contribution in [3.63, 3.8) is 0 Å². The molecule has 1 aliphatic carbocycles. The van der Waals surface area contributed by atoms with Crippen molar-refractivity contribution >= 4 is 11.6 Å². The zero-order valence-electron chi connectivity index (χ0n) is 11.5. The van der Waals surface area contributed by atoms with Gasteiger partial charge in [0.1, 0.15) is 18.1 Å². The number of hydrogen-bond acceptors (Lipinski definition) is 4. The van der Waals surface area contributed by atoms with E-state index < -0.39 is 0 Å². The van der Waals surface area contributed by atoms with Crippen molar-refractivity contribution in [2.75, 3.05) is 5.73 Å². The Morgan fingerprint density at radius 3 is 2.90 bits per heavy atom. The third-order valence-electron chi connectivity index (χ3n) is 3.38. The molecule has 1 aliphatic rings. The van der Waals surface area contributed by atoms with Crippen LogP contribution in [-0.2, 0) is 17.9 Å². The second kappa shape index (κ2) is 5.03. The number of carbonyl (C=O) groups excluding carboxylic acids is 1. The van der Waals surface area contributed by atoms with Gasteiger partial charge in [-0.1, -0.05) is 0 Å². The molecule has 2 N–H and O–H groups in total. The number of nitrogen functional groups attached to an aromatic ring is 1. The monoisotopic (exact) mass is 274 g/mol. The fourth-order valence-electron chi connectivity index (χ4n) is 2.24. The van der Waals surface area contributed by atoms with Gasteiger partial charge in [-0.3, -0.25) is 9.48 Å². The van der Waals surface area contributed by atoms with Gasteiger partial charge in [-0.25, -0.2) is 0 Å². The second-order valence-electron chi connectivity index (χ2n) is 5.24. The van der Waals surface area contributed by atoms with Crippen molar-refractivity contribution < 1.29 is 9.21 Å². The molecular formula is C14H18N4O2. The van der Waals surface area contributed by atoms with Crippen LogP contribution in [0.3, 0.4) is 0 Å². The zero-order valence-corrected chi connectivity index (χ0v) is 11.5. The largest absolute Gasteiger partial charge is 0.464 e. The number of rotatable bonds is 5. The predicted molar refractivity (Wildman–Crippen MR) is 73.7 cm³/mol. The lowest BCUT2D eigenvalue weighted by molar-refractivity contribution is -0.133. The van der Waals surface area contributed by atoms with Gasteiger partial charge in [0.25, 0.3) is 0 Å². The Balaban J connectivity index is 1.68. The van der Waals surface area contributed by atoms with Crippen LogP contribution >= 0.6 is 0 Å². The lowest BCUT2D eigenvalue weighted by Crippen LogP contribution is -2.35. The van der Waals surface area contributed by atoms with E-state index in [0.717, 1.165) is 24.4 Å². The third kappa shape index (κ3) is 2.84. The van der Waals surface area contributed by atoms with Gasteiger partial charge < -0.3 is 15.1 Å². The number of aryl methyl sites for hydroxylation is 1. The molecule has 1 saturated carbocycles. The van der Waals surface area contributed by atoms with E-state index in [-0.39, 0.29) is 12.5 Å². The molecule has 0 atom stereocenters. The molecule has 1 fully saturated rings. The van der Waals surface area contributed by atoms with Crippen molar-refractivity contribution in [2.45, 2.75) is 38.9 Å². The number of nitrogens with zero attached hydrogens (tertiary/aromatic N) is 3. The second-order valence-corrected chi connectivity index (χ2v) is 5.24. The Kier molecular flexibility index (Phi) is 3.22. The van der Waals surface area contributed by atoms with Crippen LogP contribution in [0.4, 0.5) is 5.69 Å². The SMILES string of the molecule is Cc1ccc(CN(C(=O)Cn2cc(N)cn2)C2CC2)o1. The summed E-state index contributed by atoms with van der Waals surface area (Å²) in [6, 6.07) is 4.17. The Hall–Kier alpha value is -2.24. The standard InChI is InChI=1S/C14H18N4O2/c1-10-2-5-13(20-10)8-18(12-3-4-12)14(19)9-17-7-11(15)6-16-17/h2,5-7,12H,3-4,8-9,15H2,1H3. The maximum Gasteiger partial charge on any atom is 0.244 e. The Morgan fingerprint density at radius 1 is 1.55 bits per heavy atom. The Labute approximate surface area is 117 Å². The molecule has 0 unspecified atom stereocenters. The van der Waals surface area contributed by atoms with Crippen molar-refractivity contribution in [1.29, 1.82) is 0 Å². The third-order valence-corrected chi connectivity index (χ3v) is 3.38. The van der Waals surface area contributed by atoms with E-state index in [2.05, 4.69) is 5.10 Å². The van der Waals surface area contributed by atoms with Crippen molar-refractivity contribution in [3.8, 4) is 0 Å². The van der Waals surface area contributed by atoms with Gasteiger partial charge in [0.05, 0.1) is 18.4 Å². The molecule has 0 saturated heterocycles. The molecule has 2 aromatic rings. The minimum absolute atomic E-state index is 0.0460. The van der Waals surface area contributed by atoms with Crippen LogP contribution in [-0.4, -0.2) is 26.6 Å². The number of amides is 1. The molecule has 0 aliphatic heterocycles. The first-order chi connectivity index (χ1) is 9.61. The van der Waals surface area contributed by atoms with Crippen molar-refractivity contribution in [1.82, 2.24) is 14.7 Å². The van der Waals surface area contributed by atoms with E-state index in [0.29, 0.717) is 18.3 Å². The normalized spacial score (nSPS) is 14.4. The van der Waals surface area contributed by atoms with Crippen LogP contribution < -0.4 is 5.73 Å². The Morgan fingerprint density at radius 2 is 2.35 bits per heavy atom. The van der Waals surface area contributed by atoms with Crippen LogP contribution in [0.1, 0.15) is 24.4 Å². The summed E-state index contributed by atoms with van der Waals surface area (Å²) in [5.41, 5.74) is 6.17. The summed E-state index contributed by atoms with van der Waals surface area (Å²) in [4.78, 5) is 14.3. The van der Waals surface area contributed by atoms with Gasteiger partial charge in [0.15, 0.2) is 0 Å². The smallest absolute Gasteiger partial charge is 0.244 e. The van der Waals surface area contributed by atoms with E-state index in [1.807, 2.05) is 24.0 Å². The van der Waals surface area contributed by atoms with Gasteiger partial charge in [0, 0.05) is 12.2 Å². The summed E-state index contributed by atoms with van der Waals surface area (Å²) in [5.74, 6) is 1.73. The summed E-state index contributed by atoms with van der Waals surface area (Å²) in [5, 5.41) is 4.05. The molecule has 1 amide bonds. The van der Waals surface area contributed by atoms with Crippen molar-refractivity contribution in [2.24, 2.45) is 0 Å². The summed E-state index contributed by atoms with van der Waals surface area (Å²) in [6.45, 7) is 2.64. The van der Waals surface area contributed by atoms with E-state index >= 15 is 0 Å². The number of hydrogen-bond donors (Lipinski definition) is 1. The lowest BCUT2D eigenvalue weighted by Gasteiger charge is -2.21. The number of aromatic nitrogens is 2. The molecule has 0 bridgehead atoms. The van der Waals surface area contributed by atoms with E-state index in [1.54, 1.807) is 17.1 Å². The first-order valence-electron chi connectivity index (χ1n) is 6.74. The van der Waals surface area contributed by atoms with Gasteiger partial charge in [-0.15, -0.1) is 0 Å². The molecular weight excluding hydrogens is 256 g/mol. The molecule has 106 valence electrons. The fraction of sp³-hybridized carbons (Fsp3) is 0.429. The summed E-state index contributed by atoms with van der Waals surface area (Å²) in [7, 11) is 0. The highest BCUT2D eigenvalue weighted by Gasteiger charge is 2.33. The van der Waals surface area contributed by atoms with Gasteiger partial charge in [-0.2, -0.15) is 5.10 Å². The average Bonchev–Trinajstić information content (AvgIpc) is 3.04. The first kappa shape index (κ1) is 12.8. The molecule has 0 spiro atoms. The number of furan rings is 1. The highest BCUT2D eigenvalue weighted by Crippen LogP contribution is 2.29. The lowest BCUT2D eigenvalue weighted by atomic mass is 10.3. The minimum Gasteiger partial charge on any atom is -0.464 e. The molecule has 20 heavy (non-hydrogen) atoms. The van der Waals surface area contributed by atoms with Gasteiger partial charge in [-0.05, 0) is 31.9 Å². The maximum atomic E-state index is 12.4. The van der Waals surface area contributed by atoms with Crippen LogP contribution in [0.2, 0.25) is 0 Å². The highest BCUT2D eigenvalue weighted by molar-refractivity contribution is 5.76. The predicted octanol–water partition coefficient (Wildman–Crippen LogP) is 1.56. The molecule has 0 radical (unpaired) electrons. The molecule has 6 heteroatoms. The van der Waals surface area contributed by atoms with E-state index in [1.165, 1.54) is 0 Å². The van der Waals surface area contributed by atoms with Crippen LogP contribution in [0.15, 0.2) is 28.9 Å². The van der Waals surface area contributed by atoms with Crippen LogP contribution in [0, 0.1) is 6.92 Å². The van der Waals surface area contributed by atoms with E-state index in [9.17, 15) is 4.79 Å². The van der Waals surface area contributed by atoms with Crippen LogP contribution in [0.5, 0.6) is 0 Å². The topological polar surface area (TPSA) is 77.3 Å². The zero-order chi connectivity index (χ0) is 14.1. The molecule has 2 heterocycles.